The zero-order valence-corrected chi connectivity index (χ0v) is 17.3. The van der Waals surface area contributed by atoms with Crippen LogP contribution in [0.15, 0.2) is 42.5 Å². The van der Waals surface area contributed by atoms with Gasteiger partial charge in [-0.1, -0.05) is 30.3 Å². The van der Waals surface area contributed by atoms with E-state index in [0.29, 0.717) is 5.75 Å². The Kier molecular flexibility index (Phi) is 5.08. The second kappa shape index (κ2) is 7.55. The average Bonchev–Trinajstić information content (AvgIpc) is 3.19. The lowest BCUT2D eigenvalue weighted by Gasteiger charge is -2.36. The van der Waals surface area contributed by atoms with Gasteiger partial charge in [0.25, 0.3) is 0 Å². The topological polar surface area (TPSA) is 56.1 Å². The molecule has 6 nitrogen and oxygen atoms in total. The standard InChI is InChI=1S/C22H26FN5O/c1-22(2,3)28-21(24-25-26-28)20(18-10-9-17(23)13-19(18)29-4)27-12-11-15-7-5-6-8-16(15)14-27/h5-10,13,20H,11-12,14H2,1-4H3. The molecule has 0 radical (unpaired) electrons. The normalized spacial score (nSPS) is 15.8. The molecule has 1 aromatic heterocycles. The van der Waals surface area contributed by atoms with Crippen LogP contribution in [0.25, 0.3) is 0 Å². The Labute approximate surface area is 170 Å². The van der Waals surface area contributed by atoms with E-state index in [2.05, 4.69) is 65.5 Å². The highest BCUT2D eigenvalue weighted by atomic mass is 19.1. The fourth-order valence-electron chi connectivity index (χ4n) is 3.99. The second-order valence-electron chi connectivity index (χ2n) is 8.40. The van der Waals surface area contributed by atoms with Gasteiger partial charge in [-0.15, -0.1) is 5.10 Å². The van der Waals surface area contributed by atoms with Gasteiger partial charge >= 0.3 is 0 Å². The number of ether oxygens (including phenoxy) is 1. The molecule has 0 bridgehead atoms. The fourth-order valence-corrected chi connectivity index (χ4v) is 3.99. The Morgan fingerprint density at radius 1 is 1.10 bits per heavy atom. The zero-order valence-electron chi connectivity index (χ0n) is 17.3. The zero-order chi connectivity index (χ0) is 20.6. The molecule has 1 aliphatic rings. The van der Waals surface area contributed by atoms with Crippen LogP contribution in [0, 0.1) is 5.82 Å². The molecule has 2 aromatic carbocycles. The number of aromatic nitrogens is 4. The molecule has 4 rings (SSSR count). The van der Waals surface area contributed by atoms with Crippen LogP contribution in [0.3, 0.4) is 0 Å². The molecule has 7 heteroatoms. The van der Waals surface area contributed by atoms with Crippen LogP contribution in [-0.2, 0) is 18.5 Å². The maximum atomic E-state index is 13.9. The van der Waals surface area contributed by atoms with Gasteiger partial charge in [-0.2, -0.15) is 0 Å². The first kappa shape index (κ1) is 19.5. The van der Waals surface area contributed by atoms with Crippen LogP contribution >= 0.6 is 0 Å². The third-order valence-corrected chi connectivity index (χ3v) is 5.39. The maximum absolute atomic E-state index is 13.9. The molecular weight excluding hydrogens is 369 g/mol. The van der Waals surface area contributed by atoms with Crippen LogP contribution in [0.5, 0.6) is 5.75 Å². The smallest absolute Gasteiger partial charge is 0.173 e. The van der Waals surface area contributed by atoms with E-state index in [-0.39, 0.29) is 17.4 Å². The summed E-state index contributed by atoms with van der Waals surface area (Å²) in [5.74, 6) is 0.892. The van der Waals surface area contributed by atoms with Crippen molar-refractivity contribution in [2.45, 2.75) is 45.3 Å². The van der Waals surface area contributed by atoms with Gasteiger partial charge in [-0.3, -0.25) is 4.90 Å². The molecule has 1 unspecified atom stereocenters. The van der Waals surface area contributed by atoms with Crippen molar-refractivity contribution in [1.29, 1.82) is 0 Å². The number of rotatable bonds is 4. The second-order valence-corrected chi connectivity index (χ2v) is 8.40. The first-order valence-electron chi connectivity index (χ1n) is 9.81. The molecule has 1 atom stereocenters. The molecule has 0 aliphatic carbocycles. The van der Waals surface area contributed by atoms with Gasteiger partial charge in [-0.25, -0.2) is 9.07 Å². The molecule has 1 aliphatic heterocycles. The molecule has 0 N–H and O–H groups in total. The van der Waals surface area contributed by atoms with Gasteiger partial charge < -0.3 is 4.74 Å². The fraction of sp³-hybridized carbons (Fsp3) is 0.409. The Bertz CT molecular complexity index is 1010. The molecule has 0 fully saturated rings. The summed E-state index contributed by atoms with van der Waals surface area (Å²) in [6.45, 7) is 7.81. The largest absolute Gasteiger partial charge is 0.496 e. The molecule has 0 saturated heterocycles. The van der Waals surface area contributed by atoms with Crippen molar-refractivity contribution < 1.29 is 9.13 Å². The highest BCUT2D eigenvalue weighted by Crippen LogP contribution is 2.37. The van der Waals surface area contributed by atoms with Crippen LogP contribution in [-0.4, -0.2) is 38.8 Å². The number of halogens is 1. The van der Waals surface area contributed by atoms with Crippen molar-refractivity contribution in [2.24, 2.45) is 0 Å². The minimum atomic E-state index is -0.330. The first-order chi connectivity index (χ1) is 13.9. The van der Waals surface area contributed by atoms with Gasteiger partial charge in [0.2, 0.25) is 0 Å². The van der Waals surface area contributed by atoms with Crippen LogP contribution in [0.4, 0.5) is 4.39 Å². The van der Waals surface area contributed by atoms with Crippen molar-refractivity contribution in [3.8, 4) is 5.75 Å². The lowest BCUT2D eigenvalue weighted by Crippen LogP contribution is -2.38. The summed E-state index contributed by atoms with van der Waals surface area (Å²) in [7, 11) is 1.56. The van der Waals surface area contributed by atoms with Gasteiger partial charge in [0.05, 0.1) is 12.6 Å². The lowest BCUT2D eigenvalue weighted by molar-refractivity contribution is 0.182. The minimum absolute atomic E-state index is 0.256. The first-order valence-corrected chi connectivity index (χ1v) is 9.81. The summed E-state index contributed by atoms with van der Waals surface area (Å²) < 4.78 is 21.3. The summed E-state index contributed by atoms with van der Waals surface area (Å²) in [4.78, 5) is 2.34. The number of benzene rings is 2. The monoisotopic (exact) mass is 395 g/mol. The predicted octanol–water partition coefficient (Wildman–Crippen LogP) is 3.72. The van der Waals surface area contributed by atoms with E-state index in [1.165, 1.54) is 23.3 Å². The third-order valence-electron chi connectivity index (χ3n) is 5.39. The van der Waals surface area contributed by atoms with E-state index in [1.807, 2.05) is 4.68 Å². The Balaban J connectivity index is 1.85. The number of nitrogens with zero attached hydrogens (tertiary/aromatic N) is 5. The maximum Gasteiger partial charge on any atom is 0.173 e. The quantitative estimate of drug-likeness (QED) is 0.674. The molecule has 152 valence electrons. The number of tetrazole rings is 1. The van der Waals surface area contributed by atoms with Crippen molar-refractivity contribution >= 4 is 0 Å². The number of methoxy groups -OCH3 is 1. The van der Waals surface area contributed by atoms with Gasteiger partial charge in [-0.05, 0) is 54.8 Å². The predicted molar refractivity (Wildman–Crippen MR) is 108 cm³/mol. The van der Waals surface area contributed by atoms with Crippen molar-refractivity contribution in [1.82, 2.24) is 25.1 Å². The number of hydrogen-bond donors (Lipinski definition) is 0. The Morgan fingerprint density at radius 3 is 2.59 bits per heavy atom. The van der Waals surface area contributed by atoms with Crippen molar-refractivity contribution in [3.05, 3.63) is 70.8 Å². The third kappa shape index (κ3) is 3.74. The molecule has 2 heterocycles. The summed E-state index contributed by atoms with van der Waals surface area (Å²) in [6, 6.07) is 12.9. The highest BCUT2D eigenvalue weighted by Gasteiger charge is 2.34. The van der Waals surface area contributed by atoms with E-state index < -0.39 is 0 Å². The van der Waals surface area contributed by atoms with Crippen LogP contribution in [0.2, 0.25) is 0 Å². The van der Waals surface area contributed by atoms with E-state index in [0.717, 1.165) is 30.9 Å². The van der Waals surface area contributed by atoms with Gasteiger partial charge in [0, 0.05) is 24.7 Å². The van der Waals surface area contributed by atoms with Gasteiger partial charge in [0.1, 0.15) is 17.6 Å². The SMILES string of the molecule is COc1cc(F)ccc1C(c1nnnn1C(C)(C)C)N1CCc2ccccc2C1. The highest BCUT2D eigenvalue weighted by molar-refractivity contribution is 5.40. The summed E-state index contributed by atoms with van der Waals surface area (Å²) in [6.07, 6.45) is 0.938. The molecule has 29 heavy (non-hydrogen) atoms. The van der Waals surface area contributed by atoms with E-state index in [4.69, 9.17) is 4.74 Å². The van der Waals surface area contributed by atoms with Crippen molar-refractivity contribution in [2.75, 3.05) is 13.7 Å². The lowest BCUT2D eigenvalue weighted by atomic mass is 9.95. The molecule has 3 aromatic rings. The van der Waals surface area contributed by atoms with E-state index in [1.54, 1.807) is 13.2 Å². The van der Waals surface area contributed by atoms with Gasteiger partial charge in [0.15, 0.2) is 5.82 Å². The summed E-state index contributed by atoms with van der Waals surface area (Å²) in [5.41, 5.74) is 3.22. The minimum Gasteiger partial charge on any atom is -0.496 e. The molecular formula is C22H26FN5O. The average molecular weight is 395 g/mol. The van der Waals surface area contributed by atoms with Crippen LogP contribution in [0.1, 0.15) is 49.3 Å². The van der Waals surface area contributed by atoms with E-state index >= 15 is 0 Å². The molecule has 0 amide bonds. The number of hydrogen-bond acceptors (Lipinski definition) is 5. The molecule has 0 saturated carbocycles. The Hall–Kier alpha value is -2.80. The van der Waals surface area contributed by atoms with Crippen LogP contribution < -0.4 is 4.74 Å². The number of fused-ring (bicyclic) bond motifs is 1. The summed E-state index contributed by atoms with van der Waals surface area (Å²) in [5, 5.41) is 12.6. The molecule has 0 spiro atoms. The van der Waals surface area contributed by atoms with Crippen molar-refractivity contribution in [3.63, 3.8) is 0 Å². The Morgan fingerprint density at radius 2 is 1.86 bits per heavy atom. The van der Waals surface area contributed by atoms with E-state index in [9.17, 15) is 4.39 Å². The summed E-state index contributed by atoms with van der Waals surface area (Å²) >= 11 is 0.